The largest absolute Gasteiger partial charge is 0.387 e. The van der Waals surface area contributed by atoms with Crippen LogP contribution in [-0.4, -0.2) is 108 Å². The van der Waals surface area contributed by atoms with Crippen molar-refractivity contribution in [2.45, 2.75) is 71.2 Å². The fourth-order valence-electron chi connectivity index (χ4n) is 6.33. The molecule has 1 aromatic heterocycles. The SMILES string of the molecule is CN[C@@H](C)C(=O)N[C@@H](CC(N)=O)C(=O)N[C@@H](CCN(C(=O)CO)[C@@H](c1cc(-c2cc(F)ccc2F)cn1Cc1ccccc1)C(C)(C)C)C(=O)NCCNC(=O)CN. The normalized spacial score (nSPS) is 13.4. The number of nitrogens with one attached hydrogen (secondary N) is 5. The minimum atomic E-state index is -1.47. The summed E-state index contributed by atoms with van der Waals surface area (Å²) in [7, 11) is 1.52. The fraction of sp³-hybridized carbons (Fsp3) is 0.450. The second kappa shape index (κ2) is 21.7. The summed E-state index contributed by atoms with van der Waals surface area (Å²) in [5.74, 6) is -5.70. The molecule has 0 radical (unpaired) electrons. The molecule has 16 nitrogen and oxygen atoms in total. The van der Waals surface area contributed by atoms with Gasteiger partial charge in [0, 0.05) is 49.2 Å². The molecule has 3 rings (SSSR count). The van der Waals surface area contributed by atoms with Gasteiger partial charge in [-0.2, -0.15) is 0 Å². The van der Waals surface area contributed by atoms with Gasteiger partial charge in [-0.1, -0.05) is 51.1 Å². The Morgan fingerprint density at radius 1 is 0.897 bits per heavy atom. The monoisotopic (exact) mass is 811 g/mol. The highest BCUT2D eigenvalue weighted by Crippen LogP contribution is 2.41. The van der Waals surface area contributed by atoms with Crippen LogP contribution in [0.5, 0.6) is 0 Å². The molecule has 4 atom stereocenters. The molecule has 58 heavy (non-hydrogen) atoms. The van der Waals surface area contributed by atoms with E-state index in [9.17, 15) is 38.3 Å². The van der Waals surface area contributed by atoms with Gasteiger partial charge in [0.15, 0.2) is 0 Å². The summed E-state index contributed by atoms with van der Waals surface area (Å²) >= 11 is 0. The van der Waals surface area contributed by atoms with E-state index in [1.807, 2.05) is 55.7 Å². The van der Waals surface area contributed by atoms with E-state index in [1.165, 1.54) is 18.9 Å². The van der Waals surface area contributed by atoms with E-state index in [4.69, 9.17) is 11.5 Å². The van der Waals surface area contributed by atoms with Crippen LogP contribution < -0.4 is 38.1 Å². The highest BCUT2D eigenvalue weighted by atomic mass is 19.1. The third-order valence-corrected chi connectivity index (χ3v) is 9.32. The third kappa shape index (κ3) is 13.5. The maximum atomic E-state index is 15.2. The first kappa shape index (κ1) is 46.7. The van der Waals surface area contributed by atoms with Gasteiger partial charge in [-0.25, -0.2) is 8.78 Å². The van der Waals surface area contributed by atoms with Crippen molar-refractivity contribution in [2.75, 3.05) is 39.8 Å². The quantitative estimate of drug-likeness (QED) is 0.0695. The molecule has 0 aliphatic heterocycles. The lowest BCUT2D eigenvalue weighted by Gasteiger charge is -2.41. The van der Waals surface area contributed by atoms with Crippen molar-refractivity contribution in [3.8, 4) is 11.1 Å². The Bertz CT molecular complexity index is 1900. The van der Waals surface area contributed by atoms with Crippen LogP contribution in [0.15, 0.2) is 60.8 Å². The van der Waals surface area contributed by atoms with Gasteiger partial charge >= 0.3 is 0 Å². The number of amides is 6. The standard InChI is InChI=1S/C40H55F2N9O7/c1-24(45-5)37(56)49-31(19-33(44)53)39(58)48-30(38(57)47-15-14-46-34(54)20-43)13-16-51(35(55)23-52)36(40(2,3)4)32-17-26(28-18-27(41)11-12-29(28)42)22-50(32)21-25-9-7-6-8-10-25/h6-12,17-18,22,24,30-31,36,45,52H,13-16,19-21,23,43H2,1-5H3,(H2,44,53)(H,46,54)(H,47,57)(H,48,58)(H,49,56)/t24-,30-,31-,36-/m0/s1. The Labute approximate surface area is 336 Å². The maximum Gasteiger partial charge on any atom is 0.248 e. The van der Waals surface area contributed by atoms with Crippen LogP contribution in [0.4, 0.5) is 8.78 Å². The maximum absolute atomic E-state index is 15.2. The molecule has 316 valence electrons. The summed E-state index contributed by atoms with van der Waals surface area (Å²) in [4.78, 5) is 78.8. The van der Waals surface area contributed by atoms with Crippen molar-refractivity contribution >= 4 is 35.4 Å². The average Bonchev–Trinajstić information content (AvgIpc) is 3.58. The van der Waals surface area contributed by atoms with E-state index in [0.29, 0.717) is 11.3 Å². The average molecular weight is 812 g/mol. The number of aliphatic hydroxyl groups is 1. The molecule has 0 aliphatic carbocycles. The summed E-state index contributed by atoms with van der Waals surface area (Å²) in [5, 5.41) is 23.2. The number of aromatic nitrogens is 1. The molecule has 0 aliphatic rings. The van der Waals surface area contributed by atoms with E-state index >= 15 is 4.39 Å². The number of carbonyl (C=O) groups is 6. The number of likely N-dealkylation sites (N-methyl/N-ethyl adjacent to an activating group) is 1. The van der Waals surface area contributed by atoms with Crippen LogP contribution in [0.2, 0.25) is 0 Å². The molecule has 1 heterocycles. The Kier molecular flexibility index (Phi) is 17.5. The van der Waals surface area contributed by atoms with Gasteiger partial charge in [0.05, 0.1) is 25.0 Å². The van der Waals surface area contributed by atoms with E-state index in [1.54, 1.807) is 12.3 Å². The number of nitrogens with two attached hydrogens (primary N) is 2. The number of hydrogen-bond donors (Lipinski definition) is 8. The second-order valence-electron chi connectivity index (χ2n) is 14.8. The number of aliphatic hydroxyl groups excluding tert-OH is 1. The smallest absolute Gasteiger partial charge is 0.248 e. The molecule has 2 aromatic carbocycles. The number of benzene rings is 2. The number of carbonyl (C=O) groups excluding carboxylic acids is 6. The molecule has 0 unspecified atom stereocenters. The van der Waals surface area contributed by atoms with Crippen LogP contribution in [-0.2, 0) is 35.3 Å². The van der Waals surface area contributed by atoms with Crippen LogP contribution in [0.1, 0.15) is 57.8 Å². The Morgan fingerprint density at radius 3 is 2.16 bits per heavy atom. The summed E-state index contributed by atoms with van der Waals surface area (Å²) in [6, 6.07) is 9.59. The van der Waals surface area contributed by atoms with Gasteiger partial charge in [-0.15, -0.1) is 0 Å². The van der Waals surface area contributed by atoms with Gasteiger partial charge in [0.1, 0.15) is 30.3 Å². The first-order valence-electron chi connectivity index (χ1n) is 18.8. The van der Waals surface area contributed by atoms with Crippen LogP contribution in [0.3, 0.4) is 0 Å². The molecule has 10 N–H and O–H groups in total. The molecule has 0 spiro atoms. The van der Waals surface area contributed by atoms with Gasteiger partial charge in [-0.3, -0.25) is 28.8 Å². The van der Waals surface area contributed by atoms with Crippen molar-refractivity contribution in [3.63, 3.8) is 0 Å². The molecular formula is C40H55F2N9O7. The van der Waals surface area contributed by atoms with Crippen molar-refractivity contribution in [1.29, 1.82) is 0 Å². The second-order valence-corrected chi connectivity index (χ2v) is 14.8. The summed E-state index contributed by atoms with van der Waals surface area (Å²) in [6.45, 7) is 5.82. The molecule has 18 heteroatoms. The Morgan fingerprint density at radius 2 is 1.55 bits per heavy atom. The minimum Gasteiger partial charge on any atom is -0.387 e. The lowest BCUT2D eigenvalue weighted by molar-refractivity contribution is -0.140. The van der Waals surface area contributed by atoms with E-state index in [0.717, 1.165) is 23.8 Å². The zero-order valence-electron chi connectivity index (χ0n) is 33.4. The molecule has 6 amide bonds. The lowest BCUT2D eigenvalue weighted by Crippen LogP contribution is -2.57. The van der Waals surface area contributed by atoms with E-state index in [-0.39, 0.29) is 44.7 Å². The van der Waals surface area contributed by atoms with E-state index in [2.05, 4.69) is 26.6 Å². The highest BCUT2D eigenvalue weighted by Gasteiger charge is 2.38. The summed E-state index contributed by atoms with van der Waals surface area (Å²) in [5.41, 5.74) is 11.6. The van der Waals surface area contributed by atoms with Gasteiger partial charge in [-0.05, 0) is 55.6 Å². The van der Waals surface area contributed by atoms with Gasteiger partial charge in [0.2, 0.25) is 35.4 Å². The zero-order valence-corrected chi connectivity index (χ0v) is 33.4. The highest BCUT2D eigenvalue weighted by molar-refractivity contribution is 5.95. The molecule has 0 saturated heterocycles. The molecule has 3 aromatic rings. The number of primary amides is 1. The molecule has 0 bridgehead atoms. The van der Waals surface area contributed by atoms with Crippen molar-refractivity contribution in [1.82, 2.24) is 36.1 Å². The van der Waals surface area contributed by atoms with Crippen molar-refractivity contribution < 1.29 is 42.7 Å². The molecule has 0 fully saturated rings. The van der Waals surface area contributed by atoms with Crippen molar-refractivity contribution in [3.05, 3.63) is 83.7 Å². The van der Waals surface area contributed by atoms with Crippen LogP contribution >= 0.6 is 0 Å². The van der Waals surface area contributed by atoms with Gasteiger partial charge < -0.3 is 52.6 Å². The first-order chi connectivity index (χ1) is 27.4. The lowest BCUT2D eigenvalue weighted by atomic mass is 9.82. The van der Waals surface area contributed by atoms with E-state index < -0.39 is 89.7 Å². The first-order valence-corrected chi connectivity index (χ1v) is 18.8. The third-order valence-electron chi connectivity index (χ3n) is 9.32. The van der Waals surface area contributed by atoms with Crippen LogP contribution in [0, 0.1) is 17.0 Å². The Balaban J connectivity index is 2.09. The predicted octanol–water partition coefficient (Wildman–Crippen LogP) is 0.424. The fourth-order valence-corrected chi connectivity index (χ4v) is 6.33. The number of halogens is 2. The van der Waals surface area contributed by atoms with Crippen LogP contribution in [0.25, 0.3) is 11.1 Å². The zero-order chi connectivity index (χ0) is 43.2. The topological polar surface area (TPSA) is 243 Å². The predicted molar refractivity (Wildman–Crippen MR) is 212 cm³/mol. The summed E-state index contributed by atoms with van der Waals surface area (Å²) in [6.07, 6.45) is 0.809. The number of nitrogens with zero attached hydrogens (tertiary/aromatic N) is 2. The minimum absolute atomic E-state index is 0.00142. The van der Waals surface area contributed by atoms with Crippen molar-refractivity contribution in [2.24, 2.45) is 16.9 Å². The van der Waals surface area contributed by atoms with Gasteiger partial charge in [0.25, 0.3) is 0 Å². The Hall–Kier alpha value is -5.72. The number of rotatable bonds is 21. The molecule has 0 saturated carbocycles. The molecular weight excluding hydrogens is 756 g/mol. The summed E-state index contributed by atoms with van der Waals surface area (Å²) < 4.78 is 31.4. The number of hydrogen-bond acceptors (Lipinski definition) is 9.